The lowest BCUT2D eigenvalue weighted by Crippen LogP contribution is -2.36. The van der Waals surface area contributed by atoms with Gasteiger partial charge in [-0.2, -0.15) is 0 Å². The number of carboxylic acid groups (broad SMARTS) is 1. The molecule has 116 valence electrons. The van der Waals surface area contributed by atoms with Gasteiger partial charge in [-0.3, -0.25) is 14.6 Å². The number of likely N-dealkylation sites (N-methyl/N-ethyl adjacent to an activating group) is 1. The van der Waals surface area contributed by atoms with Crippen LogP contribution in [0.25, 0.3) is 0 Å². The molecule has 1 N–H and O–H groups in total. The second kappa shape index (κ2) is 7.78. The Hall–Kier alpha value is -1.10. The van der Waals surface area contributed by atoms with Crippen molar-refractivity contribution in [2.45, 2.75) is 31.8 Å². The number of benzene rings is 1. The summed E-state index contributed by atoms with van der Waals surface area (Å²) in [6, 6.07) is 8.37. The number of nitrogens with zero attached hydrogens (tertiary/aromatic N) is 2. The summed E-state index contributed by atoms with van der Waals surface area (Å²) in [6.07, 6.45) is 3.21. The zero-order valence-corrected chi connectivity index (χ0v) is 13.2. The lowest BCUT2D eigenvalue weighted by molar-refractivity contribution is -0.138. The number of likely N-dealkylation sites (tertiary alicyclic amines) is 1. The van der Waals surface area contributed by atoms with E-state index in [2.05, 4.69) is 17.0 Å². The molecule has 0 bridgehead atoms. The van der Waals surface area contributed by atoms with Crippen LogP contribution in [-0.4, -0.2) is 53.6 Å². The number of hydrogen-bond donors (Lipinski definition) is 1. The quantitative estimate of drug-likeness (QED) is 0.908. The van der Waals surface area contributed by atoms with Gasteiger partial charge in [-0.1, -0.05) is 23.7 Å². The Balaban J connectivity index is 1.85. The molecule has 1 aliphatic rings. The first-order valence-electron chi connectivity index (χ1n) is 7.43. The van der Waals surface area contributed by atoms with Crippen LogP contribution in [0, 0.1) is 0 Å². The molecule has 21 heavy (non-hydrogen) atoms. The number of hydrogen-bond acceptors (Lipinski definition) is 3. The summed E-state index contributed by atoms with van der Waals surface area (Å²) >= 11 is 5.91. The molecule has 1 aromatic rings. The first-order chi connectivity index (χ1) is 10.0. The summed E-state index contributed by atoms with van der Waals surface area (Å²) in [6.45, 7) is 3.14. The number of carbonyl (C=O) groups is 1. The molecule has 0 radical (unpaired) electrons. The van der Waals surface area contributed by atoms with Gasteiger partial charge in [-0.05, 0) is 57.1 Å². The van der Waals surface area contributed by atoms with Crippen molar-refractivity contribution in [3.05, 3.63) is 34.9 Å². The van der Waals surface area contributed by atoms with Crippen LogP contribution in [0.2, 0.25) is 5.02 Å². The Morgan fingerprint density at radius 3 is 2.71 bits per heavy atom. The van der Waals surface area contributed by atoms with E-state index < -0.39 is 5.97 Å². The smallest absolute Gasteiger partial charge is 0.317 e. The zero-order valence-electron chi connectivity index (χ0n) is 12.5. The molecular weight excluding hydrogens is 288 g/mol. The third-order valence-corrected chi connectivity index (χ3v) is 4.37. The first-order valence-corrected chi connectivity index (χ1v) is 7.81. The maximum atomic E-state index is 10.8. The van der Waals surface area contributed by atoms with Crippen LogP contribution in [0.1, 0.15) is 24.8 Å². The predicted molar refractivity (Wildman–Crippen MR) is 84.6 cm³/mol. The summed E-state index contributed by atoms with van der Waals surface area (Å²) in [5.41, 5.74) is 1.27. The van der Waals surface area contributed by atoms with E-state index in [1.165, 1.54) is 5.56 Å². The van der Waals surface area contributed by atoms with Crippen molar-refractivity contribution in [3.63, 3.8) is 0 Å². The number of halogens is 1. The second-order valence-electron chi connectivity index (χ2n) is 5.80. The zero-order chi connectivity index (χ0) is 15.2. The summed E-state index contributed by atoms with van der Waals surface area (Å²) in [5.74, 6) is -0.750. The van der Waals surface area contributed by atoms with Crippen molar-refractivity contribution >= 4 is 17.6 Å². The Morgan fingerprint density at radius 2 is 2.05 bits per heavy atom. The Bertz CT molecular complexity index is 464. The minimum atomic E-state index is -0.750. The van der Waals surface area contributed by atoms with Crippen molar-refractivity contribution in [1.29, 1.82) is 0 Å². The van der Waals surface area contributed by atoms with Crippen LogP contribution < -0.4 is 0 Å². The molecule has 1 saturated heterocycles. The van der Waals surface area contributed by atoms with Gasteiger partial charge < -0.3 is 5.11 Å². The fourth-order valence-corrected chi connectivity index (χ4v) is 3.05. The third-order valence-electron chi connectivity index (χ3n) is 4.12. The van der Waals surface area contributed by atoms with Gasteiger partial charge in [0.25, 0.3) is 0 Å². The van der Waals surface area contributed by atoms with Crippen LogP contribution in [-0.2, 0) is 11.3 Å². The predicted octanol–water partition coefficient (Wildman–Crippen LogP) is 2.71. The average molecular weight is 311 g/mol. The molecule has 4 nitrogen and oxygen atoms in total. The SMILES string of the molecule is CN(CC(=O)O)C1CCCN(Cc2ccc(Cl)cc2)CC1. The van der Waals surface area contributed by atoms with E-state index in [9.17, 15) is 4.79 Å². The van der Waals surface area contributed by atoms with Gasteiger partial charge in [0.05, 0.1) is 6.54 Å². The van der Waals surface area contributed by atoms with Gasteiger partial charge >= 0.3 is 5.97 Å². The Kier molecular flexibility index (Phi) is 6.03. The minimum Gasteiger partial charge on any atom is -0.480 e. The largest absolute Gasteiger partial charge is 0.480 e. The molecule has 1 unspecified atom stereocenters. The number of rotatable bonds is 5. The lowest BCUT2D eigenvalue weighted by atomic mass is 10.1. The van der Waals surface area contributed by atoms with E-state index in [0.29, 0.717) is 6.04 Å². The molecule has 2 rings (SSSR count). The molecule has 1 aliphatic heterocycles. The molecule has 0 aliphatic carbocycles. The van der Waals surface area contributed by atoms with E-state index in [1.54, 1.807) is 0 Å². The van der Waals surface area contributed by atoms with Crippen molar-refractivity contribution in [1.82, 2.24) is 9.80 Å². The van der Waals surface area contributed by atoms with Crippen molar-refractivity contribution in [2.24, 2.45) is 0 Å². The van der Waals surface area contributed by atoms with Crippen molar-refractivity contribution in [2.75, 3.05) is 26.7 Å². The molecule has 1 fully saturated rings. The summed E-state index contributed by atoms with van der Waals surface area (Å²) in [4.78, 5) is 15.2. The molecule has 0 saturated carbocycles. The number of carboxylic acids is 1. The van der Waals surface area contributed by atoms with Gasteiger partial charge in [0.15, 0.2) is 0 Å². The third kappa shape index (κ3) is 5.30. The summed E-state index contributed by atoms with van der Waals surface area (Å²) < 4.78 is 0. The summed E-state index contributed by atoms with van der Waals surface area (Å²) in [5, 5.41) is 9.66. The van der Waals surface area contributed by atoms with E-state index in [4.69, 9.17) is 16.7 Å². The molecule has 1 aromatic carbocycles. The molecule has 1 heterocycles. The average Bonchev–Trinajstić information content (AvgIpc) is 2.66. The Labute approximate surface area is 131 Å². The maximum Gasteiger partial charge on any atom is 0.317 e. The van der Waals surface area contributed by atoms with Crippen molar-refractivity contribution < 1.29 is 9.90 Å². The van der Waals surface area contributed by atoms with E-state index in [0.717, 1.165) is 43.9 Å². The van der Waals surface area contributed by atoms with Crippen LogP contribution in [0.3, 0.4) is 0 Å². The first kappa shape index (κ1) is 16.3. The maximum absolute atomic E-state index is 10.8. The highest BCUT2D eigenvalue weighted by atomic mass is 35.5. The molecule has 0 spiro atoms. The second-order valence-corrected chi connectivity index (χ2v) is 6.23. The van der Waals surface area contributed by atoms with E-state index >= 15 is 0 Å². The van der Waals surface area contributed by atoms with Crippen LogP contribution in [0.4, 0.5) is 0 Å². The van der Waals surface area contributed by atoms with Gasteiger partial charge in [0.1, 0.15) is 0 Å². The highest BCUT2D eigenvalue weighted by Gasteiger charge is 2.21. The fraction of sp³-hybridized carbons (Fsp3) is 0.562. The summed E-state index contributed by atoms with van der Waals surface area (Å²) in [7, 11) is 1.91. The van der Waals surface area contributed by atoms with Gasteiger partial charge in [0.2, 0.25) is 0 Å². The normalized spacial score (nSPS) is 20.4. The fourth-order valence-electron chi connectivity index (χ4n) is 2.93. The molecular formula is C16H23ClN2O2. The van der Waals surface area contributed by atoms with Crippen LogP contribution in [0.5, 0.6) is 0 Å². The highest BCUT2D eigenvalue weighted by molar-refractivity contribution is 6.30. The van der Waals surface area contributed by atoms with Gasteiger partial charge in [0, 0.05) is 17.6 Å². The Morgan fingerprint density at radius 1 is 1.33 bits per heavy atom. The molecule has 0 amide bonds. The lowest BCUT2D eigenvalue weighted by Gasteiger charge is -2.25. The van der Waals surface area contributed by atoms with E-state index in [1.807, 2.05) is 24.1 Å². The van der Waals surface area contributed by atoms with Crippen LogP contribution >= 0.6 is 11.6 Å². The molecule has 5 heteroatoms. The van der Waals surface area contributed by atoms with Crippen molar-refractivity contribution in [3.8, 4) is 0 Å². The van der Waals surface area contributed by atoms with E-state index in [-0.39, 0.29) is 6.54 Å². The highest BCUT2D eigenvalue weighted by Crippen LogP contribution is 2.18. The standard InChI is InChI=1S/C16H23ClN2O2/c1-18(12-16(20)21)15-3-2-9-19(10-8-15)11-13-4-6-14(17)7-5-13/h4-7,15H,2-3,8-12H2,1H3,(H,20,21). The van der Waals surface area contributed by atoms with Gasteiger partial charge in [-0.25, -0.2) is 0 Å². The molecule has 0 aromatic heterocycles. The number of aliphatic carboxylic acids is 1. The molecule has 1 atom stereocenters. The monoisotopic (exact) mass is 310 g/mol. The topological polar surface area (TPSA) is 43.8 Å². The minimum absolute atomic E-state index is 0.127. The van der Waals surface area contributed by atoms with Gasteiger partial charge in [-0.15, -0.1) is 0 Å². The van der Waals surface area contributed by atoms with Crippen LogP contribution in [0.15, 0.2) is 24.3 Å².